The third kappa shape index (κ3) is 13.0. The fourth-order valence-electron chi connectivity index (χ4n) is 4.78. The number of benzene rings is 4. The van der Waals surface area contributed by atoms with Crippen LogP contribution in [0.1, 0.15) is 16.7 Å². The van der Waals surface area contributed by atoms with Crippen molar-refractivity contribution in [3.8, 4) is 5.75 Å². The van der Waals surface area contributed by atoms with Crippen LogP contribution in [0.3, 0.4) is 0 Å². The van der Waals surface area contributed by atoms with Crippen LogP contribution >= 0.6 is 11.6 Å². The van der Waals surface area contributed by atoms with Crippen molar-refractivity contribution in [1.82, 2.24) is 15.0 Å². The van der Waals surface area contributed by atoms with Crippen molar-refractivity contribution >= 4 is 97.5 Å². The first-order valence-electron chi connectivity index (χ1n) is 14.1. The van der Waals surface area contributed by atoms with Crippen LogP contribution in [0.2, 0.25) is 5.28 Å². The van der Waals surface area contributed by atoms with Gasteiger partial charge in [0, 0.05) is 5.69 Å². The van der Waals surface area contributed by atoms with Gasteiger partial charge in [0.25, 0.3) is 10.1 Å². The molecule has 1 heterocycles. The first kappa shape index (κ1) is 54.1. The molecule has 0 fully saturated rings. The summed E-state index contributed by atoms with van der Waals surface area (Å²) in [5, 5.41) is 24.4. The van der Waals surface area contributed by atoms with Crippen molar-refractivity contribution in [2.75, 3.05) is 10.6 Å². The van der Waals surface area contributed by atoms with Crippen molar-refractivity contribution in [3.05, 3.63) is 70.5 Å². The SMILES string of the molecule is Cc1ccc(Nc2nc(Cl)nc(Nc3cc(S(=O)(=O)[O-])cc4cc(S(=O)(=O)O)c(N=Nc5cc(C)c(C)cc5S(=O)(=O)[O-])c([O-])c34)n2)c(S(=O)(=O)[O-])c1.[Na+].[Na+].[Na+].[Na+]. The summed E-state index contributed by atoms with van der Waals surface area (Å²) >= 11 is 6.04. The molecule has 0 atom stereocenters. The van der Waals surface area contributed by atoms with Crippen molar-refractivity contribution in [3.63, 3.8) is 0 Å². The summed E-state index contributed by atoms with van der Waals surface area (Å²) in [6.07, 6.45) is 0. The molecule has 0 saturated carbocycles. The Morgan fingerprint density at radius 3 is 1.72 bits per heavy atom. The Labute approximate surface area is 419 Å². The van der Waals surface area contributed by atoms with E-state index in [9.17, 15) is 57.0 Å². The van der Waals surface area contributed by atoms with E-state index >= 15 is 0 Å². The first-order chi connectivity index (χ1) is 24.3. The number of hydrogen-bond acceptors (Lipinski definition) is 19. The van der Waals surface area contributed by atoms with E-state index < -0.39 is 111 Å². The molecule has 3 N–H and O–H groups in total. The van der Waals surface area contributed by atoms with E-state index in [2.05, 4.69) is 35.8 Å². The van der Waals surface area contributed by atoms with Crippen LogP contribution in [-0.4, -0.2) is 66.8 Å². The molecular weight excluding hydrogens is 898 g/mol. The van der Waals surface area contributed by atoms with E-state index in [-0.39, 0.29) is 124 Å². The molecule has 0 aliphatic carbocycles. The molecule has 0 spiro atoms. The molecule has 1 aromatic heterocycles. The Morgan fingerprint density at radius 2 is 1.19 bits per heavy atom. The minimum atomic E-state index is -5.39. The van der Waals surface area contributed by atoms with Gasteiger partial charge in [-0.25, -0.2) is 25.3 Å². The molecule has 0 unspecified atom stereocenters. The number of nitrogens with one attached hydrogen (secondary N) is 2. The van der Waals surface area contributed by atoms with Gasteiger partial charge in [-0.3, -0.25) is 4.55 Å². The number of nitrogens with zero attached hydrogens (tertiary/aromatic N) is 5. The Morgan fingerprint density at radius 1 is 0.649 bits per heavy atom. The van der Waals surface area contributed by atoms with Gasteiger partial charge < -0.3 is 29.4 Å². The van der Waals surface area contributed by atoms with Crippen molar-refractivity contribution in [2.45, 2.75) is 40.4 Å². The van der Waals surface area contributed by atoms with Crippen LogP contribution in [0.5, 0.6) is 5.75 Å². The maximum Gasteiger partial charge on any atom is 1.00 e. The predicted molar refractivity (Wildman–Crippen MR) is 180 cm³/mol. The first-order valence-corrected chi connectivity index (χ1v) is 20.1. The van der Waals surface area contributed by atoms with Crippen molar-refractivity contribution in [2.24, 2.45) is 10.2 Å². The van der Waals surface area contributed by atoms with Crippen molar-refractivity contribution < 1.29 is 175 Å². The van der Waals surface area contributed by atoms with Crippen LogP contribution in [-0.2, 0) is 40.5 Å². The Kier molecular flexibility index (Phi) is 19.3. The van der Waals surface area contributed by atoms with Crippen LogP contribution < -0.4 is 134 Å². The predicted octanol–water partition coefficient (Wildman–Crippen LogP) is -8.45. The summed E-state index contributed by atoms with van der Waals surface area (Å²) in [5.74, 6) is -2.47. The van der Waals surface area contributed by atoms with Crippen LogP contribution in [0, 0.1) is 20.8 Å². The van der Waals surface area contributed by atoms with E-state index in [1.165, 1.54) is 32.9 Å². The number of halogens is 1. The van der Waals surface area contributed by atoms with E-state index in [4.69, 9.17) is 11.6 Å². The number of fused-ring (bicyclic) bond motifs is 1. The maximum atomic E-state index is 14.0. The minimum absolute atomic E-state index is 0. The third-order valence-electron chi connectivity index (χ3n) is 7.28. The average Bonchev–Trinajstić information content (AvgIpc) is 3.00. The van der Waals surface area contributed by atoms with Gasteiger partial charge >= 0.3 is 118 Å². The number of anilines is 4. The molecule has 280 valence electrons. The average molecular weight is 918 g/mol. The number of aryl methyl sites for hydroxylation is 3. The summed E-state index contributed by atoms with van der Waals surface area (Å²) in [6, 6.07) is 7.65. The molecular formula is C28H20ClN7Na4O13S4. The Hall–Kier alpha value is -0.920. The van der Waals surface area contributed by atoms with Crippen LogP contribution in [0.25, 0.3) is 10.8 Å². The van der Waals surface area contributed by atoms with Crippen molar-refractivity contribution in [1.29, 1.82) is 0 Å². The van der Waals surface area contributed by atoms with E-state index in [0.717, 1.165) is 18.2 Å². The summed E-state index contributed by atoms with van der Waals surface area (Å²) in [4.78, 5) is 7.75. The normalized spacial score (nSPS) is 11.9. The van der Waals surface area contributed by atoms with Gasteiger partial charge in [-0.15, -0.1) is 10.2 Å². The smallest absolute Gasteiger partial charge is 0.870 e. The monoisotopic (exact) mass is 917 g/mol. The fourth-order valence-corrected chi connectivity index (χ4v) is 7.52. The second-order valence-corrected chi connectivity index (χ2v) is 16.9. The van der Waals surface area contributed by atoms with Gasteiger partial charge in [-0.1, -0.05) is 11.8 Å². The molecule has 5 rings (SSSR count). The molecule has 0 amide bonds. The summed E-state index contributed by atoms with van der Waals surface area (Å²) in [7, 11) is -20.9. The fraction of sp³-hybridized carbons (Fsp3) is 0.107. The zero-order valence-corrected chi connectivity index (χ0v) is 42.7. The van der Waals surface area contributed by atoms with Gasteiger partial charge in [0.05, 0.1) is 26.1 Å². The second-order valence-electron chi connectivity index (χ2n) is 11.1. The summed E-state index contributed by atoms with van der Waals surface area (Å²) < 4.78 is 143. The van der Waals surface area contributed by atoms with Gasteiger partial charge in [-0.05, 0) is 102 Å². The second kappa shape index (κ2) is 20.3. The van der Waals surface area contributed by atoms with Gasteiger partial charge in [-0.2, -0.15) is 23.4 Å². The van der Waals surface area contributed by atoms with E-state index in [0.29, 0.717) is 34.9 Å². The van der Waals surface area contributed by atoms with Gasteiger partial charge in [0.2, 0.25) is 17.2 Å². The molecule has 29 heteroatoms. The molecule has 4 aromatic carbocycles. The maximum absolute atomic E-state index is 14.0. The quantitative estimate of drug-likeness (QED) is 0.0665. The van der Waals surface area contributed by atoms with Gasteiger partial charge in [0.1, 0.15) is 40.9 Å². The molecule has 0 aliphatic heterocycles. The van der Waals surface area contributed by atoms with E-state index in [1.54, 1.807) is 0 Å². The minimum Gasteiger partial charge on any atom is -0.870 e. The van der Waals surface area contributed by atoms with E-state index in [1.807, 2.05) is 0 Å². The number of azo groups is 1. The van der Waals surface area contributed by atoms with Gasteiger partial charge in [0.15, 0.2) is 0 Å². The zero-order chi connectivity index (χ0) is 39.4. The molecule has 57 heavy (non-hydrogen) atoms. The zero-order valence-electron chi connectivity index (χ0n) is 30.7. The number of aromatic nitrogens is 3. The molecule has 0 aliphatic rings. The largest absolute Gasteiger partial charge is 1.00 e. The standard InChI is InChI=1S/C28H24ClN7O13S4.4Na/c1-12-4-5-17(20(6-12)51(41,42)43)30-27-32-26(29)33-28(34-27)31-19-11-16(50(38,39)40)9-15-10-22(53(47,48)49)24(25(37)23(15)19)36-35-18-7-13(2)14(3)8-21(18)52(44,45)46;;;;/h4-11,37H,1-3H3,(H,38,39,40)(H,41,42,43)(H,44,45,46)(H,47,48,49)(H2,30,31,32,33,34);;;;/q;4*+1/p-4. The van der Waals surface area contributed by atoms with Crippen LogP contribution in [0.15, 0.2) is 78.3 Å². The third-order valence-corrected chi connectivity index (χ3v) is 10.9. The summed E-state index contributed by atoms with van der Waals surface area (Å²) in [6.45, 7) is 4.53. The molecule has 0 radical (unpaired) electrons. The molecule has 0 saturated heterocycles. The number of rotatable bonds is 10. The Balaban J connectivity index is 0.00000406. The molecule has 20 nitrogen and oxygen atoms in total. The molecule has 5 aromatic rings. The molecule has 0 bridgehead atoms. The summed E-state index contributed by atoms with van der Waals surface area (Å²) in [5.41, 5.74) is -1.44. The van der Waals surface area contributed by atoms with Crippen LogP contribution in [0.4, 0.5) is 34.6 Å². The number of hydrogen-bond donors (Lipinski definition) is 3. The Bertz CT molecular complexity index is 2880. The topological polar surface area (TPSA) is 336 Å².